The maximum Gasteiger partial charge on any atom is 0.161 e. The molecule has 0 spiro atoms. The molecule has 2 atom stereocenters. The van der Waals surface area contributed by atoms with Crippen molar-refractivity contribution in [1.29, 1.82) is 0 Å². The smallest absolute Gasteiger partial charge is 0.161 e. The second-order valence-corrected chi connectivity index (χ2v) is 3.90. The van der Waals surface area contributed by atoms with E-state index in [1.165, 1.54) is 0 Å². The Kier molecular flexibility index (Phi) is 2.52. The van der Waals surface area contributed by atoms with Crippen LogP contribution in [0.5, 0.6) is 0 Å². The van der Waals surface area contributed by atoms with Crippen LogP contribution in [0.2, 0.25) is 0 Å². The molecule has 78 valence electrons. The first-order chi connectivity index (χ1) is 6.72. The Labute approximate surface area is 82.9 Å². The highest BCUT2D eigenvalue weighted by Gasteiger charge is 2.23. The van der Waals surface area contributed by atoms with Gasteiger partial charge in [0.15, 0.2) is 5.82 Å². The predicted molar refractivity (Wildman–Crippen MR) is 51.5 cm³/mol. The van der Waals surface area contributed by atoms with Crippen LogP contribution in [0, 0.1) is 5.92 Å². The SMILES string of the molecule is CC(O)c1nnc2n1CC(CN)CC2. The lowest BCUT2D eigenvalue weighted by Gasteiger charge is -2.23. The standard InChI is InChI=1S/C9H16N4O/c1-6(14)9-12-11-8-3-2-7(4-10)5-13(8)9/h6-7,14H,2-5,10H2,1H3. The minimum Gasteiger partial charge on any atom is -0.385 e. The van der Waals surface area contributed by atoms with E-state index in [1.54, 1.807) is 6.92 Å². The second kappa shape index (κ2) is 3.67. The van der Waals surface area contributed by atoms with Gasteiger partial charge in [0.2, 0.25) is 0 Å². The van der Waals surface area contributed by atoms with Gasteiger partial charge in [-0.3, -0.25) is 0 Å². The Morgan fingerprint density at radius 2 is 2.43 bits per heavy atom. The molecule has 1 aromatic rings. The molecule has 0 aromatic carbocycles. The fraction of sp³-hybridized carbons (Fsp3) is 0.778. The summed E-state index contributed by atoms with van der Waals surface area (Å²) in [5.74, 6) is 2.14. The number of aromatic nitrogens is 3. The molecule has 0 aliphatic carbocycles. The van der Waals surface area contributed by atoms with Gasteiger partial charge in [0.05, 0.1) is 0 Å². The average Bonchev–Trinajstić information content (AvgIpc) is 2.59. The lowest BCUT2D eigenvalue weighted by atomic mass is 9.99. The predicted octanol–water partition coefficient (Wildman–Crippen LogP) is -0.148. The van der Waals surface area contributed by atoms with Gasteiger partial charge in [-0.05, 0) is 25.8 Å². The van der Waals surface area contributed by atoms with Crippen LogP contribution in [0.25, 0.3) is 0 Å². The van der Waals surface area contributed by atoms with Gasteiger partial charge in [-0.2, -0.15) is 0 Å². The number of aliphatic hydroxyl groups excluding tert-OH is 1. The topological polar surface area (TPSA) is 77.0 Å². The van der Waals surface area contributed by atoms with Crippen molar-refractivity contribution in [1.82, 2.24) is 14.8 Å². The number of fused-ring (bicyclic) bond motifs is 1. The summed E-state index contributed by atoms with van der Waals surface area (Å²) >= 11 is 0. The van der Waals surface area contributed by atoms with E-state index in [0.29, 0.717) is 18.3 Å². The lowest BCUT2D eigenvalue weighted by Crippen LogP contribution is -2.27. The summed E-state index contributed by atoms with van der Waals surface area (Å²) in [6.45, 7) is 3.25. The van der Waals surface area contributed by atoms with Crippen LogP contribution in [-0.4, -0.2) is 26.4 Å². The third kappa shape index (κ3) is 1.53. The number of hydrogen-bond acceptors (Lipinski definition) is 4. The summed E-state index contributed by atoms with van der Waals surface area (Å²) in [6, 6.07) is 0. The summed E-state index contributed by atoms with van der Waals surface area (Å²) in [7, 11) is 0. The van der Waals surface area contributed by atoms with E-state index in [4.69, 9.17) is 5.73 Å². The molecule has 3 N–H and O–H groups in total. The molecule has 0 amide bonds. The van der Waals surface area contributed by atoms with Crippen molar-refractivity contribution in [3.8, 4) is 0 Å². The molecular formula is C9H16N4O. The van der Waals surface area contributed by atoms with Crippen LogP contribution in [0.3, 0.4) is 0 Å². The van der Waals surface area contributed by atoms with Gasteiger partial charge in [-0.25, -0.2) is 0 Å². The quantitative estimate of drug-likeness (QED) is 0.689. The van der Waals surface area contributed by atoms with Crippen LogP contribution in [0.4, 0.5) is 0 Å². The summed E-state index contributed by atoms with van der Waals surface area (Å²) in [5.41, 5.74) is 5.64. The molecule has 14 heavy (non-hydrogen) atoms. The zero-order valence-corrected chi connectivity index (χ0v) is 8.35. The highest BCUT2D eigenvalue weighted by Crippen LogP contribution is 2.21. The average molecular weight is 196 g/mol. The van der Waals surface area contributed by atoms with Crippen LogP contribution in [0.15, 0.2) is 0 Å². The van der Waals surface area contributed by atoms with Gasteiger partial charge >= 0.3 is 0 Å². The van der Waals surface area contributed by atoms with Crippen LogP contribution < -0.4 is 5.73 Å². The minimum absolute atomic E-state index is 0.496. The number of hydrogen-bond donors (Lipinski definition) is 2. The Balaban J connectivity index is 2.28. The number of nitrogens with two attached hydrogens (primary N) is 1. The molecule has 0 bridgehead atoms. The largest absolute Gasteiger partial charge is 0.385 e. The molecule has 0 radical (unpaired) electrons. The van der Waals surface area contributed by atoms with Gasteiger partial charge in [-0.15, -0.1) is 10.2 Å². The summed E-state index contributed by atoms with van der Waals surface area (Å²) in [4.78, 5) is 0. The fourth-order valence-electron chi connectivity index (χ4n) is 1.92. The molecule has 0 fully saturated rings. The Morgan fingerprint density at radius 1 is 1.64 bits per heavy atom. The third-order valence-electron chi connectivity index (χ3n) is 2.78. The van der Waals surface area contributed by atoms with Crippen molar-refractivity contribution in [3.63, 3.8) is 0 Å². The van der Waals surface area contributed by atoms with Gasteiger partial charge in [0.1, 0.15) is 11.9 Å². The van der Waals surface area contributed by atoms with Crippen LogP contribution >= 0.6 is 0 Å². The van der Waals surface area contributed by atoms with E-state index < -0.39 is 6.10 Å². The fourth-order valence-corrected chi connectivity index (χ4v) is 1.92. The Bertz CT molecular complexity index is 321. The number of aliphatic hydroxyl groups is 1. The highest BCUT2D eigenvalue weighted by atomic mass is 16.3. The van der Waals surface area contributed by atoms with E-state index in [-0.39, 0.29) is 0 Å². The normalized spacial score (nSPS) is 23.2. The molecule has 2 unspecified atom stereocenters. The number of aryl methyl sites for hydroxylation is 1. The van der Waals surface area contributed by atoms with Crippen LogP contribution in [0.1, 0.15) is 31.1 Å². The zero-order valence-electron chi connectivity index (χ0n) is 8.35. The summed E-state index contributed by atoms with van der Waals surface area (Å²) in [6.07, 6.45) is 1.45. The maximum atomic E-state index is 9.47. The molecular weight excluding hydrogens is 180 g/mol. The minimum atomic E-state index is -0.548. The monoisotopic (exact) mass is 196 g/mol. The first-order valence-electron chi connectivity index (χ1n) is 5.02. The second-order valence-electron chi connectivity index (χ2n) is 3.90. The molecule has 2 heterocycles. The highest BCUT2D eigenvalue weighted by molar-refractivity contribution is 5.01. The first-order valence-corrected chi connectivity index (χ1v) is 5.02. The van der Waals surface area contributed by atoms with Gasteiger partial charge in [0, 0.05) is 13.0 Å². The summed E-state index contributed by atoms with van der Waals surface area (Å²) in [5, 5.41) is 17.5. The molecule has 5 heteroatoms. The lowest BCUT2D eigenvalue weighted by molar-refractivity contribution is 0.179. The Morgan fingerprint density at radius 3 is 3.07 bits per heavy atom. The molecule has 5 nitrogen and oxygen atoms in total. The Hall–Kier alpha value is -0.940. The van der Waals surface area contributed by atoms with Crippen molar-refractivity contribution in [2.24, 2.45) is 11.7 Å². The molecule has 1 aliphatic heterocycles. The van der Waals surface area contributed by atoms with Crippen molar-refractivity contribution < 1.29 is 5.11 Å². The maximum absolute atomic E-state index is 9.47. The zero-order chi connectivity index (χ0) is 10.1. The van der Waals surface area contributed by atoms with E-state index in [0.717, 1.165) is 25.2 Å². The van der Waals surface area contributed by atoms with Crippen molar-refractivity contribution in [2.75, 3.05) is 6.54 Å². The van der Waals surface area contributed by atoms with E-state index in [2.05, 4.69) is 10.2 Å². The van der Waals surface area contributed by atoms with Gasteiger partial charge in [-0.1, -0.05) is 0 Å². The van der Waals surface area contributed by atoms with Crippen LogP contribution in [-0.2, 0) is 13.0 Å². The van der Waals surface area contributed by atoms with Gasteiger partial charge < -0.3 is 15.4 Å². The van der Waals surface area contributed by atoms with Gasteiger partial charge in [0.25, 0.3) is 0 Å². The van der Waals surface area contributed by atoms with Crippen molar-refractivity contribution in [3.05, 3.63) is 11.6 Å². The third-order valence-corrected chi connectivity index (χ3v) is 2.78. The summed E-state index contributed by atoms with van der Waals surface area (Å²) < 4.78 is 2.01. The number of rotatable bonds is 2. The van der Waals surface area contributed by atoms with E-state index >= 15 is 0 Å². The molecule has 1 aromatic heterocycles. The molecule has 1 aliphatic rings. The van der Waals surface area contributed by atoms with Crippen molar-refractivity contribution >= 4 is 0 Å². The number of nitrogens with zero attached hydrogens (tertiary/aromatic N) is 3. The van der Waals surface area contributed by atoms with Crippen molar-refractivity contribution in [2.45, 2.75) is 32.4 Å². The molecule has 2 rings (SSSR count). The molecule has 0 saturated carbocycles. The first kappa shape index (κ1) is 9.61. The van der Waals surface area contributed by atoms with E-state index in [9.17, 15) is 5.11 Å². The molecule has 0 saturated heterocycles. The van der Waals surface area contributed by atoms with E-state index in [1.807, 2.05) is 4.57 Å².